The lowest BCUT2D eigenvalue weighted by Crippen LogP contribution is -2.56. The summed E-state index contributed by atoms with van der Waals surface area (Å²) >= 11 is 0. The predicted octanol–water partition coefficient (Wildman–Crippen LogP) is 1.62. The van der Waals surface area contributed by atoms with E-state index in [9.17, 15) is 39.6 Å². The highest BCUT2D eigenvalue weighted by molar-refractivity contribution is 8.09. The van der Waals surface area contributed by atoms with Crippen LogP contribution in [0.1, 0.15) is 18.4 Å². The van der Waals surface area contributed by atoms with Gasteiger partial charge < -0.3 is 10.6 Å². The van der Waals surface area contributed by atoms with Crippen molar-refractivity contribution in [2.75, 3.05) is 21.5 Å². The van der Waals surface area contributed by atoms with E-state index in [-0.39, 0.29) is 20.8 Å². The molecule has 1 fully saturated rings. The van der Waals surface area contributed by atoms with Crippen LogP contribution in [0.15, 0.2) is 65.9 Å². The van der Waals surface area contributed by atoms with Crippen molar-refractivity contribution in [2.45, 2.75) is 31.2 Å². The van der Waals surface area contributed by atoms with Gasteiger partial charge in [-0.3, -0.25) is 9.59 Å². The number of sulfonamides is 2. The van der Waals surface area contributed by atoms with Crippen LogP contribution in [0.25, 0.3) is 0 Å². The van der Waals surface area contributed by atoms with Crippen LogP contribution in [0.3, 0.4) is 0 Å². The first kappa shape index (κ1) is 28.4. The molecule has 0 radical (unpaired) electrons. The smallest absolute Gasteiger partial charge is 0.366 e. The molecule has 3 atom stereocenters. The molecular weight excluding hydrogens is 563 g/mol. The number of benzene rings is 2. The topological polar surface area (TPSA) is 145 Å². The van der Waals surface area contributed by atoms with Crippen molar-refractivity contribution in [3.8, 4) is 0 Å². The van der Waals surface area contributed by atoms with Gasteiger partial charge in [0.1, 0.15) is 17.8 Å². The Bertz CT molecular complexity index is 1530. The van der Waals surface area contributed by atoms with E-state index in [4.69, 9.17) is 0 Å². The van der Waals surface area contributed by atoms with Gasteiger partial charge >= 0.3 is 6.18 Å². The van der Waals surface area contributed by atoms with E-state index in [1.165, 1.54) is 37.3 Å². The Kier molecular flexibility index (Phi) is 7.16. The van der Waals surface area contributed by atoms with Crippen molar-refractivity contribution >= 4 is 43.2 Å². The summed E-state index contributed by atoms with van der Waals surface area (Å²) in [5, 5.41) is 5.96. The highest BCUT2D eigenvalue weighted by atomic mass is 32.3. The highest BCUT2D eigenvalue weighted by Crippen LogP contribution is 2.41. The molecule has 2 aliphatic rings. The molecule has 3 N–H and O–H groups in total. The van der Waals surface area contributed by atoms with Crippen LogP contribution in [-0.4, -0.2) is 64.6 Å². The molecule has 39 heavy (non-hydrogen) atoms. The van der Waals surface area contributed by atoms with Gasteiger partial charge in [-0.1, -0.05) is 36.4 Å². The average molecular weight is 588 g/mol. The van der Waals surface area contributed by atoms with Gasteiger partial charge in [0.15, 0.2) is 0 Å². The van der Waals surface area contributed by atoms with Crippen LogP contribution in [0.5, 0.6) is 0 Å². The molecule has 4 rings (SSSR count). The van der Waals surface area contributed by atoms with E-state index in [0.29, 0.717) is 18.1 Å². The Hall–Kier alpha value is -3.63. The molecule has 2 aliphatic heterocycles. The summed E-state index contributed by atoms with van der Waals surface area (Å²) in [6.07, 6.45) is -4.49. The van der Waals surface area contributed by atoms with E-state index in [1.807, 2.05) is 0 Å². The zero-order valence-corrected chi connectivity index (χ0v) is 22.4. The molecule has 210 valence electrons. The van der Waals surface area contributed by atoms with Crippen LogP contribution in [-0.2, 0) is 29.6 Å². The maximum atomic E-state index is 14.0. The van der Waals surface area contributed by atoms with Crippen LogP contribution in [0, 0.1) is 0 Å². The Morgan fingerprint density at radius 3 is 2.18 bits per heavy atom. The van der Waals surface area contributed by atoms with Crippen LogP contribution in [0.4, 0.5) is 24.5 Å². The molecule has 0 aromatic heterocycles. The van der Waals surface area contributed by atoms with Gasteiger partial charge in [-0.2, -0.15) is 16.9 Å². The first-order chi connectivity index (χ1) is 18.0. The van der Waals surface area contributed by atoms with E-state index >= 15 is 0 Å². The van der Waals surface area contributed by atoms with Gasteiger partial charge in [0.25, 0.3) is 11.8 Å². The number of alkyl halides is 3. The lowest BCUT2D eigenvalue weighted by molar-refractivity contribution is -0.161. The molecule has 2 heterocycles. The molecule has 3 unspecified atom stereocenters. The first-order valence-corrected chi connectivity index (χ1v) is 15.0. The lowest BCUT2D eigenvalue weighted by atomic mass is 9.89. The molecule has 2 aromatic rings. The van der Waals surface area contributed by atoms with E-state index in [2.05, 4.69) is 16.1 Å². The van der Waals surface area contributed by atoms with E-state index in [1.54, 1.807) is 18.2 Å². The highest BCUT2D eigenvalue weighted by Gasteiger charge is 2.58. The van der Waals surface area contributed by atoms with Crippen molar-refractivity contribution in [3.63, 3.8) is 0 Å². The summed E-state index contributed by atoms with van der Waals surface area (Å²) in [5.41, 5.74) is 1.72. The van der Waals surface area contributed by atoms with Gasteiger partial charge in [-0.25, -0.2) is 27.3 Å². The molecule has 0 saturated carbocycles. The summed E-state index contributed by atoms with van der Waals surface area (Å²) < 4.78 is 90.4. The molecule has 1 saturated heterocycles. The van der Waals surface area contributed by atoms with Gasteiger partial charge in [-0.05, 0) is 30.7 Å². The molecule has 0 aliphatic carbocycles. The third-order valence-electron chi connectivity index (χ3n) is 6.11. The number of amides is 2. The number of halogens is 3. The fourth-order valence-electron chi connectivity index (χ4n) is 4.68. The average Bonchev–Trinajstić information content (AvgIpc) is 3.18. The Morgan fingerprint density at radius 1 is 1.00 bits per heavy atom. The number of rotatable bonds is 6. The third-order valence-corrected chi connectivity index (χ3v) is 9.36. The minimum Gasteiger partial charge on any atom is -0.366 e. The second kappa shape index (κ2) is 9.84. The number of allylic oxidation sites excluding steroid dienone is 1. The minimum absolute atomic E-state index is 0.0226. The molecule has 0 bridgehead atoms. The van der Waals surface area contributed by atoms with Crippen molar-refractivity contribution in [2.24, 2.45) is 0 Å². The zero-order chi connectivity index (χ0) is 28.9. The quantitative estimate of drug-likeness (QED) is 0.433. The molecule has 2 amide bonds. The summed E-state index contributed by atoms with van der Waals surface area (Å²) in [4.78, 5) is 26.4. The summed E-state index contributed by atoms with van der Waals surface area (Å²) in [5.74, 6) is -3.23. The van der Waals surface area contributed by atoms with Gasteiger partial charge in [0.05, 0.1) is 24.1 Å². The minimum atomic E-state index is -4.72. The maximum Gasteiger partial charge on any atom is 0.406 e. The molecule has 0 spiro atoms. The maximum absolute atomic E-state index is 14.0. The van der Waals surface area contributed by atoms with Gasteiger partial charge in [0, 0.05) is 11.4 Å². The normalized spacial score (nSPS) is 21.8. The number of hydrazine groups is 1. The Labute approximate surface area is 222 Å². The monoisotopic (exact) mass is 587 g/mol. The molecule has 2 aromatic carbocycles. The fraction of sp³-hybridized carbons (Fsp3) is 0.304. The lowest BCUT2D eigenvalue weighted by Gasteiger charge is -2.34. The summed E-state index contributed by atoms with van der Waals surface area (Å²) in [6, 6.07) is 10.6. The number of nitrogens with one attached hydrogen (secondary N) is 3. The first-order valence-electron chi connectivity index (χ1n) is 11.3. The second-order valence-electron chi connectivity index (χ2n) is 9.08. The molecule has 16 heteroatoms. The van der Waals surface area contributed by atoms with E-state index in [0.717, 1.165) is 11.1 Å². The van der Waals surface area contributed by atoms with Gasteiger partial charge in [0.2, 0.25) is 20.0 Å². The third kappa shape index (κ3) is 5.58. The Morgan fingerprint density at radius 2 is 1.62 bits per heavy atom. The number of anilines is 2. The standard InChI is InChI=1S/C23H24F3N5O6S2/c1-13-17(21(32)28-15-10-7-11-16(12-15)31(38(2,34)35)39(3,36)37)22(33)30-20(27-13)18(14-8-5-4-6-9-14)19(29-30)23(24,25)26/h4-12,18-20,27,29H,1-3H3,(H,28,32). The van der Waals surface area contributed by atoms with Crippen LogP contribution in [0.2, 0.25) is 0 Å². The fourth-order valence-corrected chi connectivity index (χ4v) is 7.64. The predicted molar refractivity (Wildman–Crippen MR) is 136 cm³/mol. The zero-order valence-electron chi connectivity index (χ0n) is 20.7. The summed E-state index contributed by atoms with van der Waals surface area (Å²) in [6.45, 7) is 1.37. The number of hydrogen-bond donors (Lipinski definition) is 3. The molecule has 11 nitrogen and oxygen atoms in total. The van der Waals surface area contributed by atoms with Crippen molar-refractivity contribution < 1.29 is 39.6 Å². The Balaban J connectivity index is 1.65. The number of nitrogens with zero attached hydrogens (tertiary/aromatic N) is 2. The number of fused-ring (bicyclic) bond motifs is 1. The number of carbonyl (C=O) groups excluding carboxylic acids is 2. The van der Waals surface area contributed by atoms with Crippen molar-refractivity contribution in [1.29, 1.82) is 0 Å². The van der Waals surface area contributed by atoms with Crippen molar-refractivity contribution in [3.05, 3.63) is 71.4 Å². The van der Waals surface area contributed by atoms with Crippen LogP contribution >= 0.6 is 0 Å². The number of hydrogen-bond acceptors (Lipinski definition) is 8. The van der Waals surface area contributed by atoms with Gasteiger partial charge in [-0.15, -0.1) is 0 Å². The van der Waals surface area contributed by atoms with Crippen LogP contribution < -0.4 is 19.8 Å². The summed E-state index contributed by atoms with van der Waals surface area (Å²) in [7, 11) is -8.52. The van der Waals surface area contributed by atoms with E-state index < -0.39 is 61.7 Å². The largest absolute Gasteiger partial charge is 0.406 e. The van der Waals surface area contributed by atoms with Crippen molar-refractivity contribution in [1.82, 2.24) is 15.8 Å². The second-order valence-corrected chi connectivity index (χ2v) is 13.0. The molecular formula is C23H24F3N5O6S2. The SMILES string of the molecule is CC1=C(C(=O)Nc2cccc(N(S(C)(=O)=O)S(C)(=O)=O)c2)C(=O)N2NC(C(F)(F)F)C(c3ccccc3)C2N1. The number of carbonyl (C=O) groups is 2.